The van der Waals surface area contributed by atoms with Crippen LogP contribution in [0.5, 0.6) is 11.5 Å². The molecule has 0 bridgehead atoms. The van der Waals surface area contributed by atoms with Gasteiger partial charge in [0.15, 0.2) is 11.5 Å². The van der Waals surface area contributed by atoms with Crippen molar-refractivity contribution in [3.05, 3.63) is 59.7 Å². The number of fused-ring (bicyclic) bond motifs is 1. The molecule has 2 aromatic carbocycles. The Morgan fingerprint density at radius 1 is 1.18 bits per heavy atom. The van der Waals surface area contributed by atoms with Gasteiger partial charge in [-0.3, -0.25) is 9.59 Å². The third kappa shape index (κ3) is 3.80. The number of hydrogen-bond donors (Lipinski definition) is 2. The van der Waals surface area contributed by atoms with E-state index in [2.05, 4.69) is 5.32 Å². The zero-order valence-electron chi connectivity index (χ0n) is 15.3. The number of benzene rings is 2. The van der Waals surface area contributed by atoms with Crippen molar-refractivity contribution in [3.8, 4) is 11.5 Å². The molecule has 2 aliphatic heterocycles. The van der Waals surface area contributed by atoms with Crippen molar-refractivity contribution in [2.75, 3.05) is 19.9 Å². The lowest BCUT2D eigenvalue weighted by molar-refractivity contribution is -0.129. The highest BCUT2D eigenvalue weighted by Crippen LogP contribution is 2.33. The minimum Gasteiger partial charge on any atom is -0.454 e. The monoisotopic (exact) mass is 382 g/mol. The molecule has 0 aromatic heterocycles. The molecular formula is C21H22N2O5. The Hall–Kier alpha value is -3.06. The molecule has 7 nitrogen and oxygen atoms in total. The Morgan fingerprint density at radius 3 is 2.75 bits per heavy atom. The fourth-order valence-corrected chi connectivity index (χ4v) is 3.57. The van der Waals surface area contributed by atoms with E-state index < -0.39 is 12.0 Å². The molecule has 7 heteroatoms. The second-order valence-corrected chi connectivity index (χ2v) is 7.02. The molecule has 2 aromatic rings. The van der Waals surface area contributed by atoms with Gasteiger partial charge in [-0.2, -0.15) is 0 Å². The summed E-state index contributed by atoms with van der Waals surface area (Å²) in [7, 11) is 0. The van der Waals surface area contributed by atoms with Crippen molar-refractivity contribution in [2.45, 2.75) is 19.0 Å². The molecule has 2 heterocycles. The number of nitrogens with one attached hydrogen (secondary N) is 1. The Balaban J connectivity index is 1.38. The lowest BCUT2D eigenvalue weighted by Crippen LogP contribution is -2.36. The molecule has 0 saturated carbocycles. The molecule has 0 aliphatic carbocycles. The van der Waals surface area contributed by atoms with Crippen molar-refractivity contribution < 1.29 is 24.2 Å². The maximum Gasteiger partial charge on any atom is 0.231 e. The van der Waals surface area contributed by atoms with Gasteiger partial charge in [-0.05, 0) is 23.3 Å². The second-order valence-electron chi connectivity index (χ2n) is 7.02. The molecule has 2 aliphatic rings. The van der Waals surface area contributed by atoms with Crippen molar-refractivity contribution in [1.82, 2.24) is 10.2 Å². The van der Waals surface area contributed by atoms with E-state index >= 15 is 0 Å². The maximum atomic E-state index is 12.6. The highest BCUT2D eigenvalue weighted by molar-refractivity contribution is 5.89. The Bertz CT molecular complexity index is 870. The van der Waals surface area contributed by atoms with Gasteiger partial charge in [-0.1, -0.05) is 36.4 Å². The molecule has 28 heavy (non-hydrogen) atoms. The Kier molecular flexibility index (Phi) is 5.16. The van der Waals surface area contributed by atoms with Gasteiger partial charge in [0.1, 0.15) is 0 Å². The summed E-state index contributed by atoms with van der Waals surface area (Å²) in [6.07, 6.45) is 0.170. The SMILES string of the molecule is O=C(N[C@H](CO)c1ccccc1)C1CC(=O)N(Cc2ccc3c(c2)OCO3)C1. The van der Waals surface area contributed by atoms with Gasteiger partial charge in [0, 0.05) is 19.5 Å². The summed E-state index contributed by atoms with van der Waals surface area (Å²) >= 11 is 0. The standard InChI is InChI=1S/C21H22N2O5/c24-12-17(15-4-2-1-3-5-15)22-21(26)16-9-20(25)23(11-16)10-14-6-7-18-19(8-14)28-13-27-18/h1-8,16-17,24H,9-13H2,(H,22,26)/t16?,17-/m1/s1. The molecule has 1 saturated heterocycles. The highest BCUT2D eigenvalue weighted by atomic mass is 16.7. The molecule has 146 valence electrons. The van der Waals surface area contributed by atoms with Crippen LogP contribution in [-0.4, -0.2) is 41.8 Å². The second kappa shape index (κ2) is 7.90. The molecule has 2 atom stereocenters. The first kappa shape index (κ1) is 18.3. The normalized spacial score (nSPS) is 19.0. The first-order chi connectivity index (χ1) is 13.6. The molecule has 1 fully saturated rings. The van der Waals surface area contributed by atoms with Gasteiger partial charge < -0.3 is 24.8 Å². The molecule has 1 unspecified atom stereocenters. The topological polar surface area (TPSA) is 88.1 Å². The van der Waals surface area contributed by atoms with Crippen LogP contribution in [0.2, 0.25) is 0 Å². The summed E-state index contributed by atoms with van der Waals surface area (Å²) in [5.74, 6) is 0.665. The van der Waals surface area contributed by atoms with E-state index in [-0.39, 0.29) is 31.6 Å². The summed E-state index contributed by atoms with van der Waals surface area (Å²) in [6.45, 7) is 0.780. The number of aliphatic hydroxyl groups is 1. The van der Waals surface area contributed by atoms with Crippen molar-refractivity contribution in [3.63, 3.8) is 0 Å². The third-order valence-electron chi connectivity index (χ3n) is 5.10. The van der Waals surface area contributed by atoms with E-state index in [0.717, 1.165) is 11.1 Å². The van der Waals surface area contributed by atoms with Crippen LogP contribution in [0.15, 0.2) is 48.5 Å². The number of amides is 2. The number of likely N-dealkylation sites (tertiary alicyclic amines) is 1. The zero-order chi connectivity index (χ0) is 19.5. The van der Waals surface area contributed by atoms with Crippen LogP contribution in [0.4, 0.5) is 0 Å². The van der Waals surface area contributed by atoms with Crippen LogP contribution in [0.3, 0.4) is 0 Å². The summed E-state index contributed by atoms with van der Waals surface area (Å²) in [6, 6.07) is 14.4. The fraction of sp³-hybridized carbons (Fsp3) is 0.333. The van der Waals surface area contributed by atoms with E-state index in [1.165, 1.54) is 0 Å². The summed E-state index contributed by atoms with van der Waals surface area (Å²) in [4.78, 5) is 26.7. The molecule has 2 amide bonds. The summed E-state index contributed by atoms with van der Waals surface area (Å²) in [5, 5.41) is 12.5. The van der Waals surface area contributed by atoms with Crippen LogP contribution >= 0.6 is 0 Å². The van der Waals surface area contributed by atoms with Crippen LogP contribution in [-0.2, 0) is 16.1 Å². The van der Waals surface area contributed by atoms with Gasteiger partial charge in [0.2, 0.25) is 18.6 Å². The first-order valence-electron chi connectivity index (χ1n) is 9.26. The Labute approximate surface area is 162 Å². The van der Waals surface area contributed by atoms with Gasteiger partial charge in [0.05, 0.1) is 18.6 Å². The van der Waals surface area contributed by atoms with E-state index in [4.69, 9.17) is 9.47 Å². The average Bonchev–Trinajstić information content (AvgIpc) is 3.33. The smallest absolute Gasteiger partial charge is 0.231 e. The average molecular weight is 382 g/mol. The molecule has 2 N–H and O–H groups in total. The number of nitrogens with zero attached hydrogens (tertiary/aromatic N) is 1. The summed E-state index contributed by atoms with van der Waals surface area (Å²) < 4.78 is 10.7. The minimum atomic E-state index is -0.480. The zero-order valence-corrected chi connectivity index (χ0v) is 15.3. The molecule has 0 spiro atoms. The van der Waals surface area contributed by atoms with Gasteiger partial charge >= 0.3 is 0 Å². The molecular weight excluding hydrogens is 360 g/mol. The van der Waals surface area contributed by atoms with Crippen LogP contribution in [0, 0.1) is 5.92 Å². The van der Waals surface area contributed by atoms with Crippen LogP contribution < -0.4 is 14.8 Å². The number of carbonyl (C=O) groups is 2. The van der Waals surface area contributed by atoms with E-state index in [1.54, 1.807) is 4.90 Å². The van der Waals surface area contributed by atoms with Crippen LogP contribution in [0.1, 0.15) is 23.6 Å². The predicted octanol–water partition coefficient (Wildman–Crippen LogP) is 1.61. The van der Waals surface area contributed by atoms with Gasteiger partial charge in [-0.15, -0.1) is 0 Å². The van der Waals surface area contributed by atoms with Gasteiger partial charge in [0.25, 0.3) is 0 Å². The number of rotatable bonds is 6. The third-order valence-corrected chi connectivity index (χ3v) is 5.10. The Morgan fingerprint density at radius 2 is 1.96 bits per heavy atom. The fourth-order valence-electron chi connectivity index (χ4n) is 3.57. The number of hydrogen-bond acceptors (Lipinski definition) is 5. The lowest BCUT2D eigenvalue weighted by Gasteiger charge is -2.20. The number of ether oxygens (including phenoxy) is 2. The van der Waals surface area contributed by atoms with Crippen molar-refractivity contribution >= 4 is 11.8 Å². The quantitative estimate of drug-likeness (QED) is 0.793. The van der Waals surface area contributed by atoms with Crippen molar-refractivity contribution in [1.29, 1.82) is 0 Å². The van der Waals surface area contributed by atoms with Gasteiger partial charge in [-0.25, -0.2) is 0 Å². The summed E-state index contributed by atoms with van der Waals surface area (Å²) in [5.41, 5.74) is 1.76. The predicted molar refractivity (Wildman–Crippen MR) is 101 cm³/mol. The van der Waals surface area contributed by atoms with E-state index in [9.17, 15) is 14.7 Å². The lowest BCUT2D eigenvalue weighted by atomic mass is 10.0. The minimum absolute atomic E-state index is 0.0573. The van der Waals surface area contributed by atoms with Crippen molar-refractivity contribution in [2.24, 2.45) is 5.92 Å². The largest absolute Gasteiger partial charge is 0.454 e. The molecule has 0 radical (unpaired) electrons. The first-order valence-corrected chi connectivity index (χ1v) is 9.26. The van der Waals surface area contributed by atoms with E-state index in [0.29, 0.717) is 24.6 Å². The number of aliphatic hydroxyl groups excluding tert-OH is 1. The molecule has 4 rings (SSSR count). The van der Waals surface area contributed by atoms with Crippen LogP contribution in [0.25, 0.3) is 0 Å². The maximum absolute atomic E-state index is 12.6. The highest BCUT2D eigenvalue weighted by Gasteiger charge is 2.35. The number of carbonyl (C=O) groups excluding carboxylic acids is 2. The van der Waals surface area contributed by atoms with E-state index in [1.807, 2.05) is 48.5 Å².